The predicted molar refractivity (Wildman–Crippen MR) is 56.9 cm³/mol. The number of hydrogen-bond acceptors (Lipinski definition) is 7. The first kappa shape index (κ1) is 10.7. The molecule has 0 aromatic carbocycles. The van der Waals surface area contributed by atoms with Crippen molar-refractivity contribution in [2.24, 2.45) is 5.73 Å². The van der Waals surface area contributed by atoms with E-state index in [9.17, 15) is 10.1 Å². The maximum absolute atomic E-state index is 10.5. The second kappa shape index (κ2) is 3.99. The summed E-state index contributed by atoms with van der Waals surface area (Å²) < 4.78 is 5.26. The van der Waals surface area contributed by atoms with Crippen LogP contribution in [-0.2, 0) is 0 Å². The van der Waals surface area contributed by atoms with E-state index in [2.05, 4.69) is 10.2 Å². The van der Waals surface area contributed by atoms with Crippen LogP contribution in [0.2, 0.25) is 0 Å². The van der Waals surface area contributed by atoms with E-state index in [0.29, 0.717) is 10.8 Å². The van der Waals surface area contributed by atoms with Crippen LogP contribution in [-0.4, -0.2) is 15.1 Å². The summed E-state index contributed by atoms with van der Waals surface area (Å²) in [6.45, 7) is 1.72. The van der Waals surface area contributed by atoms with Crippen molar-refractivity contribution in [2.45, 2.75) is 13.0 Å². The van der Waals surface area contributed by atoms with Gasteiger partial charge in [-0.25, -0.2) is 0 Å². The van der Waals surface area contributed by atoms with Crippen LogP contribution in [0.1, 0.15) is 18.9 Å². The fourth-order valence-corrected chi connectivity index (χ4v) is 1.80. The third-order valence-corrected chi connectivity index (χ3v) is 2.84. The molecule has 0 saturated heterocycles. The maximum Gasteiger partial charge on any atom is 0.324 e. The van der Waals surface area contributed by atoms with Gasteiger partial charge in [0.2, 0.25) is 5.89 Å². The average molecular weight is 240 g/mol. The van der Waals surface area contributed by atoms with Gasteiger partial charge in [0.1, 0.15) is 0 Å². The second-order valence-corrected chi connectivity index (χ2v) is 4.19. The Labute approximate surface area is 94.1 Å². The number of hydrogen-bond donors (Lipinski definition) is 1. The highest BCUT2D eigenvalue weighted by Crippen LogP contribution is 2.32. The van der Waals surface area contributed by atoms with Crippen LogP contribution in [0.25, 0.3) is 10.8 Å². The van der Waals surface area contributed by atoms with Gasteiger partial charge < -0.3 is 10.2 Å². The molecule has 0 radical (unpaired) electrons. The lowest BCUT2D eigenvalue weighted by molar-refractivity contribution is -0.380. The largest absolute Gasteiger partial charge is 0.418 e. The topological polar surface area (TPSA) is 108 Å². The van der Waals surface area contributed by atoms with E-state index in [4.69, 9.17) is 10.2 Å². The van der Waals surface area contributed by atoms with Gasteiger partial charge in [0.05, 0.1) is 15.8 Å². The predicted octanol–water partition coefficient (Wildman–Crippen LogP) is 1.73. The molecule has 2 aromatic rings. The van der Waals surface area contributed by atoms with E-state index < -0.39 is 4.92 Å². The minimum Gasteiger partial charge on any atom is -0.418 e. The summed E-state index contributed by atoms with van der Waals surface area (Å²) in [5, 5.41) is 18.0. The number of rotatable bonds is 3. The van der Waals surface area contributed by atoms with Crippen molar-refractivity contribution in [3.05, 3.63) is 28.1 Å². The molecule has 0 aliphatic heterocycles. The molecule has 1 atom stereocenters. The Morgan fingerprint density at radius 2 is 2.31 bits per heavy atom. The summed E-state index contributed by atoms with van der Waals surface area (Å²) >= 11 is 0.983. The van der Waals surface area contributed by atoms with Gasteiger partial charge in [-0.1, -0.05) is 11.3 Å². The van der Waals surface area contributed by atoms with E-state index in [0.717, 1.165) is 11.3 Å². The molecule has 8 heteroatoms. The van der Waals surface area contributed by atoms with E-state index >= 15 is 0 Å². The van der Waals surface area contributed by atoms with Crippen molar-refractivity contribution in [1.82, 2.24) is 10.2 Å². The number of nitro groups is 1. The highest BCUT2D eigenvalue weighted by Gasteiger charge is 2.16. The Hall–Kier alpha value is -1.80. The Balaban J connectivity index is 2.31. The SMILES string of the molecule is CC(N)c1nnc(-c2ccc([N+](=O)[O-])s2)o1. The van der Waals surface area contributed by atoms with E-state index in [1.165, 1.54) is 6.07 Å². The minimum absolute atomic E-state index is 0.0375. The van der Waals surface area contributed by atoms with Crippen LogP contribution in [0.15, 0.2) is 16.5 Å². The molecule has 2 N–H and O–H groups in total. The normalized spacial score (nSPS) is 12.6. The molecule has 84 valence electrons. The molecular formula is C8H8N4O3S. The van der Waals surface area contributed by atoms with Crippen molar-refractivity contribution >= 4 is 16.3 Å². The van der Waals surface area contributed by atoms with Gasteiger partial charge >= 0.3 is 5.00 Å². The zero-order valence-electron chi connectivity index (χ0n) is 8.28. The quantitative estimate of drug-likeness (QED) is 0.646. The number of nitrogens with zero attached hydrogens (tertiary/aromatic N) is 3. The molecule has 7 nitrogen and oxygen atoms in total. The zero-order chi connectivity index (χ0) is 11.7. The van der Waals surface area contributed by atoms with Crippen molar-refractivity contribution in [1.29, 1.82) is 0 Å². The van der Waals surface area contributed by atoms with Crippen LogP contribution in [0.4, 0.5) is 5.00 Å². The van der Waals surface area contributed by atoms with Crippen LogP contribution in [0.3, 0.4) is 0 Å². The maximum atomic E-state index is 10.5. The van der Waals surface area contributed by atoms with Crippen molar-refractivity contribution in [3.8, 4) is 10.8 Å². The minimum atomic E-state index is -0.461. The highest BCUT2D eigenvalue weighted by atomic mass is 32.1. The zero-order valence-corrected chi connectivity index (χ0v) is 9.10. The van der Waals surface area contributed by atoms with Crippen LogP contribution >= 0.6 is 11.3 Å². The standard InChI is InChI=1S/C8H8N4O3S/c1-4(9)7-10-11-8(15-7)5-2-3-6(16-5)12(13)14/h2-4H,9H2,1H3. The summed E-state index contributed by atoms with van der Waals surface area (Å²) in [6.07, 6.45) is 0. The number of nitrogens with two attached hydrogens (primary N) is 1. The van der Waals surface area contributed by atoms with Gasteiger partial charge in [-0.2, -0.15) is 0 Å². The molecular weight excluding hydrogens is 232 g/mol. The molecule has 0 fully saturated rings. The molecule has 2 rings (SSSR count). The smallest absolute Gasteiger partial charge is 0.324 e. The van der Waals surface area contributed by atoms with Gasteiger partial charge in [-0.15, -0.1) is 10.2 Å². The molecule has 0 aliphatic rings. The summed E-state index contributed by atoms with van der Waals surface area (Å²) in [6, 6.07) is 2.62. The lowest BCUT2D eigenvalue weighted by atomic mass is 10.4. The van der Waals surface area contributed by atoms with E-state index in [-0.39, 0.29) is 16.9 Å². The molecule has 16 heavy (non-hydrogen) atoms. The van der Waals surface area contributed by atoms with Crippen molar-refractivity contribution in [3.63, 3.8) is 0 Å². The average Bonchev–Trinajstić information content (AvgIpc) is 2.86. The molecule has 1 unspecified atom stereocenters. The Morgan fingerprint density at radius 3 is 2.81 bits per heavy atom. The second-order valence-electron chi connectivity index (χ2n) is 3.13. The van der Waals surface area contributed by atoms with Crippen molar-refractivity contribution in [2.75, 3.05) is 0 Å². The number of thiophene rings is 1. The lowest BCUT2D eigenvalue weighted by Gasteiger charge is -1.93. The van der Waals surface area contributed by atoms with Gasteiger partial charge in [0.15, 0.2) is 0 Å². The first-order valence-corrected chi connectivity index (χ1v) is 5.23. The molecule has 2 heterocycles. The third-order valence-electron chi connectivity index (χ3n) is 1.81. The van der Waals surface area contributed by atoms with Crippen LogP contribution < -0.4 is 5.73 Å². The Bertz CT molecular complexity index is 519. The monoisotopic (exact) mass is 240 g/mol. The summed E-state index contributed by atoms with van der Waals surface area (Å²) in [7, 11) is 0. The summed E-state index contributed by atoms with van der Waals surface area (Å²) in [5.74, 6) is 0.566. The first-order chi connectivity index (χ1) is 7.58. The van der Waals surface area contributed by atoms with Crippen LogP contribution in [0.5, 0.6) is 0 Å². The first-order valence-electron chi connectivity index (χ1n) is 4.41. The van der Waals surface area contributed by atoms with Gasteiger partial charge in [0, 0.05) is 6.07 Å². The van der Waals surface area contributed by atoms with E-state index in [1.54, 1.807) is 13.0 Å². The molecule has 0 saturated carbocycles. The summed E-state index contributed by atoms with van der Waals surface area (Å²) in [5.41, 5.74) is 5.56. The molecule has 0 spiro atoms. The molecule has 2 aromatic heterocycles. The van der Waals surface area contributed by atoms with Gasteiger partial charge in [-0.05, 0) is 13.0 Å². The summed E-state index contributed by atoms with van der Waals surface area (Å²) in [4.78, 5) is 10.6. The van der Waals surface area contributed by atoms with Gasteiger partial charge in [-0.3, -0.25) is 10.1 Å². The lowest BCUT2D eigenvalue weighted by Crippen LogP contribution is -2.04. The van der Waals surface area contributed by atoms with Crippen molar-refractivity contribution < 1.29 is 9.34 Å². The molecule has 0 bridgehead atoms. The Morgan fingerprint density at radius 1 is 1.56 bits per heavy atom. The number of aromatic nitrogens is 2. The third kappa shape index (κ3) is 1.92. The van der Waals surface area contributed by atoms with Gasteiger partial charge in [0.25, 0.3) is 5.89 Å². The van der Waals surface area contributed by atoms with Crippen LogP contribution in [0, 0.1) is 10.1 Å². The molecule has 0 amide bonds. The Kier molecular flexibility index (Phi) is 2.67. The fraction of sp³-hybridized carbons (Fsp3) is 0.250. The highest BCUT2D eigenvalue weighted by molar-refractivity contribution is 7.18. The fourth-order valence-electron chi connectivity index (χ4n) is 1.06. The molecule has 0 aliphatic carbocycles. The van der Waals surface area contributed by atoms with E-state index in [1.807, 2.05) is 0 Å².